The van der Waals surface area contributed by atoms with Gasteiger partial charge >= 0.3 is 0 Å². The summed E-state index contributed by atoms with van der Waals surface area (Å²) in [4.78, 5) is 10.5. The Hall–Kier alpha value is -1.68. The molecule has 0 bridgehead atoms. The average molecular weight is 484 g/mol. The summed E-state index contributed by atoms with van der Waals surface area (Å²) in [7, 11) is 3.85. The lowest BCUT2D eigenvalue weighted by molar-refractivity contribution is 0.115. The Morgan fingerprint density at radius 1 is 1.37 bits per heavy atom. The summed E-state index contributed by atoms with van der Waals surface area (Å²) in [5.74, 6) is 1.68. The van der Waals surface area contributed by atoms with Gasteiger partial charge in [-0.2, -0.15) is 5.10 Å². The number of halogens is 1. The molecule has 1 aliphatic carbocycles. The first-order valence-corrected chi connectivity index (χ1v) is 9.14. The maximum atomic E-state index is 5.71. The average Bonchev–Trinajstić information content (AvgIpc) is 3.34. The van der Waals surface area contributed by atoms with Crippen LogP contribution in [0.5, 0.6) is 0 Å². The van der Waals surface area contributed by atoms with Crippen molar-refractivity contribution in [2.24, 2.45) is 10.9 Å². The van der Waals surface area contributed by atoms with Gasteiger partial charge in [0, 0.05) is 33.8 Å². The number of aliphatic imine (C=N–C) groups is 1. The predicted octanol–water partition coefficient (Wildman–Crippen LogP) is 2.38. The Morgan fingerprint density at radius 3 is 2.89 bits per heavy atom. The number of rotatable bonds is 9. The SMILES string of the molecule is CN=C(NCc1cccc(Cn2cncn2)c1)N(C)CCOCC1CC1.I. The summed E-state index contributed by atoms with van der Waals surface area (Å²) in [5, 5.41) is 7.57. The summed E-state index contributed by atoms with van der Waals surface area (Å²) in [6.45, 7) is 3.92. The minimum absolute atomic E-state index is 0. The van der Waals surface area contributed by atoms with Gasteiger partial charge in [-0.05, 0) is 29.9 Å². The number of aromatic nitrogens is 3. The second kappa shape index (κ2) is 11.2. The van der Waals surface area contributed by atoms with Crippen LogP contribution < -0.4 is 5.32 Å². The predicted molar refractivity (Wildman–Crippen MR) is 117 cm³/mol. The van der Waals surface area contributed by atoms with Crippen molar-refractivity contribution in [3.63, 3.8) is 0 Å². The van der Waals surface area contributed by atoms with E-state index in [1.54, 1.807) is 12.7 Å². The third-order valence-corrected chi connectivity index (χ3v) is 4.45. The highest BCUT2D eigenvalue weighted by molar-refractivity contribution is 14.0. The lowest BCUT2D eigenvalue weighted by Crippen LogP contribution is -2.40. The quantitative estimate of drug-likeness (QED) is 0.256. The molecule has 8 heteroatoms. The zero-order chi connectivity index (χ0) is 18.2. The minimum Gasteiger partial charge on any atom is -0.379 e. The fraction of sp³-hybridized carbons (Fsp3) is 0.526. The van der Waals surface area contributed by atoms with Crippen molar-refractivity contribution in [3.8, 4) is 0 Å². The molecule has 27 heavy (non-hydrogen) atoms. The number of nitrogens with one attached hydrogen (secondary N) is 1. The molecule has 148 valence electrons. The minimum atomic E-state index is 0. The molecule has 0 saturated heterocycles. The molecular formula is C19H29IN6O. The van der Waals surface area contributed by atoms with E-state index in [0.29, 0.717) is 0 Å². The van der Waals surface area contributed by atoms with Gasteiger partial charge in [-0.3, -0.25) is 4.99 Å². The van der Waals surface area contributed by atoms with E-state index >= 15 is 0 Å². The topological polar surface area (TPSA) is 67.6 Å². The molecule has 0 spiro atoms. The number of hydrogen-bond acceptors (Lipinski definition) is 4. The first-order valence-electron chi connectivity index (χ1n) is 9.14. The normalized spacial score (nSPS) is 13.9. The molecule has 0 atom stereocenters. The van der Waals surface area contributed by atoms with Crippen LogP contribution in [-0.2, 0) is 17.8 Å². The van der Waals surface area contributed by atoms with Crippen LogP contribution in [0.2, 0.25) is 0 Å². The van der Waals surface area contributed by atoms with Gasteiger partial charge in [-0.25, -0.2) is 9.67 Å². The van der Waals surface area contributed by atoms with E-state index in [4.69, 9.17) is 4.74 Å². The maximum absolute atomic E-state index is 5.71. The van der Waals surface area contributed by atoms with Crippen LogP contribution in [-0.4, -0.2) is 59.5 Å². The highest BCUT2D eigenvalue weighted by Crippen LogP contribution is 2.28. The second-order valence-corrected chi connectivity index (χ2v) is 6.75. The summed E-state index contributed by atoms with van der Waals surface area (Å²) in [6, 6.07) is 8.47. The van der Waals surface area contributed by atoms with Crippen molar-refractivity contribution in [1.29, 1.82) is 0 Å². The Bertz CT molecular complexity index is 702. The molecule has 0 unspecified atom stereocenters. The number of benzene rings is 1. The maximum Gasteiger partial charge on any atom is 0.193 e. The van der Waals surface area contributed by atoms with E-state index in [2.05, 4.69) is 49.6 Å². The molecular weight excluding hydrogens is 455 g/mol. The first-order chi connectivity index (χ1) is 12.7. The molecule has 1 aromatic heterocycles. The number of likely N-dealkylation sites (N-methyl/N-ethyl adjacent to an activating group) is 1. The van der Waals surface area contributed by atoms with Crippen molar-refractivity contribution < 1.29 is 4.74 Å². The molecule has 1 aromatic carbocycles. The third-order valence-electron chi connectivity index (χ3n) is 4.45. The third kappa shape index (κ3) is 7.45. The molecule has 1 saturated carbocycles. The number of hydrogen-bond donors (Lipinski definition) is 1. The Kier molecular flexibility index (Phi) is 8.99. The van der Waals surface area contributed by atoms with Crippen LogP contribution in [0, 0.1) is 5.92 Å². The molecule has 7 nitrogen and oxygen atoms in total. The van der Waals surface area contributed by atoms with Crippen LogP contribution in [0.25, 0.3) is 0 Å². The fourth-order valence-corrected chi connectivity index (χ4v) is 2.75. The van der Waals surface area contributed by atoms with E-state index in [1.807, 2.05) is 18.8 Å². The Morgan fingerprint density at radius 2 is 2.19 bits per heavy atom. The molecule has 0 radical (unpaired) electrons. The van der Waals surface area contributed by atoms with Crippen LogP contribution in [0.15, 0.2) is 41.9 Å². The number of guanidine groups is 1. The van der Waals surface area contributed by atoms with Crippen LogP contribution >= 0.6 is 24.0 Å². The van der Waals surface area contributed by atoms with Gasteiger partial charge in [-0.15, -0.1) is 24.0 Å². The van der Waals surface area contributed by atoms with Crippen LogP contribution in [0.1, 0.15) is 24.0 Å². The van der Waals surface area contributed by atoms with E-state index in [1.165, 1.54) is 24.0 Å². The standard InChI is InChI=1S/C19H28N6O.HI/c1-20-19(24(2)8-9-26-13-16-6-7-16)22-11-17-4-3-5-18(10-17)12-25-15-21-14-23-25;/h3-5,10,14-16H,6-9,11-13H2,1-2H3,(H,20,22);1H. The van der Waals surface area contributed by atoms with Crippen molar-refractivity contribution in [1.82, 2.24) is 25.0 Å². The van der Waals surface area contributed by atoms with Crippen molar-refractivity contribution in [2.75, 3.05) is 33.9 Å². The highest BCUT2D eigenvalue weighted by atomic mass is 127. The van der Waals surface area contributed by atoms with Gasteiger partial charge in [0.25, 0.3) is 0 Å². The van der Waals surface area contributed by atoms with E-state index < -0.39 is 0 Å². The van der Waals surface area contributed by atoms with E-state index in [-0.39, 0.29) is 24.0 Å². The van der Waals surface area contributed by atoms with E-state index in [0.717, 1.165) is 44.7 Å². The van der Waals surface area contributed by atoms with Gasteiger partial charge in [0.15, 0.2) is 5.96 Å². The summed E-state index contributed by atoms with van der Waals surface area (Å²) < 4.78 is 7.53. The van der Waals surface area contributed by atoms with E-state index in [9.17, 15) is 0 Å². The fourth-order valence-electron chi connectivity index (χ4n) is 2.75. The highest BCUT2D eigenvalue weighted by Gasteiger charge is 2.21. The van der Waals surface area contributed by atoms with Gasteiger partial charge in [0.2, 0.25) is 0 Å². The van der Waals surface area contributed by atoms with Crippen molar-refractivity contribution in [3.05, 3.63) is 48.0 Å². The van der Waals surface area contributed by atoms with Gasteiger partial charge < -0.3 is 15.0 Å². The summed E-state index contributed by atoms with van der Waals surface area (Å²) in [6.07, 6.45) is 5.94. The van der Waals surface area contributed by atoms with Gasteiger partial charge in [0.05, 0.1) is 13.2 Å². The first kappa shape index (κ1) is 21.6. The number of ether oxygens (including phenoxy) is 1. The molecule has 0 amide bonds. The van der Waals surface area contributed by atoms with Gasteiger partial charge in [-0.1, -0.05) is 24.3 Å². The summed E-state index contributed by atoms with van der Waals surface area (Å²) in [5.41, 5.74) is 2.41. The van der Waals surface area contributed by atoms with Crippen LogP contribution in [0.3, 0.4) is 0 Å². The molecule has 0 aliphatic heterocycles. The summed E-state index contributed by atoms with van der Waals surface area (Å²) >= 11 is 0. The lowest BCUT2D eigenvalue weighted by Gasteiger charge is -2.22. The smallest absolute Gasteiger partial charge is 0.193 e. The molecule has 1 N–H and O–H groups in total. The molecule has 1 aliphatic rings. The van der Waals surface area contributed by atoms with Crippen molar-refractivity contribution >= 4 is 29.9 Å². The monoisotopic (exact) mass is 484 g/mol. The van der Waals surface area contributed by atoms with Crippen molar-refractivity contribution in [2.45, 2.75) is 25.9 Å². The van der Waals surface area contributed by atoms with Crippen LogP contribution in [0.4, 0.5) is 0 Å². The zero-order valence-corrected chi connectivity index (χ0v) is 18.4. The lowest BCUT2D eigenvalue weighted by atomic mass is 10.1. The molecule has 1 fully saturated rings. The van der Waals surface area contributed by atoms with Gasteiger partial charge in [0.1, 0.15) is 12.7 Å². The second-order valence-electron chi connectivity index (χ2n) is 6.75. The number of nitrogens with zero attached hydrogens (tertiary/aromatic N) is 5. The zero-order valence-electron chi connectivity index (χ0n) is 16.0. The molecule has 2 aromatic rings. The Balaban J connectivity index is 0.00000261. The molecule has 1 heterocycles. The molecule has 3 rings (SSSR count). The Labute approximate surface area is 178 Å². The largest absolute Gasteiger partial charge is 0.379 e.